The molecule has 0 fully saturated rings. The van der Waals surface area contributed by atoms with Crippen LogP contribution in [0.3, 0.4) is 0 Å². The molecule has 0 saturated heterocycles. The second-order valence-electron chi connectivity index (χ2n) is 5.48. The molecule has 0 spiro atoms. The van der Waals surface area contributed by atoms with Crippen molar-refractivity contribution < 1.29 is 0 Å². The third-order valence-corrected chi connectivity index (χ3v) is 5.78. The first-order valence-corrected chi connectivity index (χ1v) is 10.2. The summed E-state index contributed by atoms with van der Waals surface area (Å²) in [6.45, 7) is 2.22. The monoisotopic (exact) mass is 446 g/mol. The van der Waals surface area contributed by atoms with Gasteiger partial charge in [0.2, 0.25) is 0 Å². The van der Waals surface area contributed by atoms with E-state index in [9.17, 15) is 0 Å². The molecule has 1 atom stereocenters. The first-order valence-electron chi connectivity index (χ1n) is 8.03. The molecule has 0 radical (unpaired) electrons. The molecule has 3 aromatic rings. The summed E-state index contributed by atoms with van der Waals surface area (Å²) in [6, 6.07) is 20.9. The predicted molar refractivity (Wildman–Crippen MR) is 111 cm³/mol. The van der Waals surface area contributed by atoms with Gasteiger partial charge < -0.3 is 0 Å². The summed E-state index contributed by atoms with van der Waals surface area (Å²) in [6.07, 6.45) is 3.03. The van der Waals surface area contributed by atoms with Gasteiger partial charge in [0.1, 0.15) is 0 Å². The van der Waals surface area contributed by atoms with E-state index in [1.165, 1.54) is 9.13 Å². The number of nitrogens with zero attached hydrogens (tertiary/aromatic N) is 2. The number of hydrogen-bond acceptors (Lipinski definition) is 3. The molecule has 0 aliphatic rings. The van der Waals surface area contributed by atoms with E-state index in [1.807, 2.05) is 42.2 Å². The topological polar surface area (TPSA) is 25.8 Å². The molecule has 2 nitrogen and oxygen atoms in total. The molecule has 0 saturated carbocycles. The first-order chi connectivity index (χ1) is 11.8. The summed E-state index contributed by atoms with van der Waals surface area (Å²) in [5.41, 5.74) is 3.43. The Morgan fingerprint density at radius 2 is 1.88 bits per heavy atom. The molecule has 1 aromatic heterocycles. The van der Waals surface area contributed by atoms with E-state index >= 15 is 0 Å². The summed E-state index contributed by atoms with van der Waals surface area (Å²) in [7, 11) is 0. The second-order valence-corrected chi connectivity index (χ2v) is 7.94. The molecule has 0 aliphatic heterocycles. The van der Waals surface area contributed by atoms with Crippen molar-refractivity contribution >= 4 is 34.4 Å². The van der Waals surface area contributed by atoms with E-state index < -0.39 is 0 Å². The lowest BCUT2D eigenvalue weighted by Crippen LogP contribution is -2.03. The van der Waals surface area contributed by atoms with E-state index in [-0.39, 0.29) is 5.25 Å². The Kier molecular flexibility index (Phi) is 6.26. The number of benzene rings is 2. The van der Waals surface area contributed by atoms with Crippen molar-refractivity contribution in [2.24, 2.45) is 0 Å². The summed E-state index contributed by atoms with van der Waals surface area (Å²) in [5, 5.41) is 0.241. The molecule has 1 unspecified atom stereocenters. The van der Waals surface area contributed by atoms with Gasteiger partial charge in [-0.3, -0.25) is 0 Å². The van der Waals surface area contributed by atoms with Crippen LogP contribution in [-0.2, 0) is 0 Å². The van der Waals surface area contributed by atoms with Crippen LogP contribution in [0.25, 0.3) is 11.4 Å². The summed E-state index contributed by atoms with van der Waals surface area (Å²) in [4.78, 5) is 9.33. The van der Waals surface area contributed by atoms with Crippen molar-refractivity contribution in [1.29, 1.82) is 0 Å². The van der Waals surface area contributed by atoms with Crippen LogP contribution in [0, 0.1) is 3.57 Å². The Labute approximate surface area is 161 Å². The zero-order valence-electron chi connectivity index (χ0n) is 13.5. The number of halogens is 1. The minimum Gasteiger partial charge on any atom is -0.237 e. The maximum absolute atomic E-state index is 4.87. The van der Waals surface area contributed by atoms with Crippen LogP contribution < -0.4 is 0 Å². The molecule has 1 heterocycles. The Morgan fingerprint density at radius 3 is 2.62 bits per heavy atom. The summed E-state index contributed by atoms with van der Waals surface area (Å²) < 4.78 is 1.25. The van der Waals surface area contributed by atoms with Crippen molar-refractivity contribution in [2.45, 2.75) is 18.6 Å². The molecule has 3 rings (SSSR count). The van der Waals surface area contributed by atoms with Gasteiger partial charge in [-0.1, -0.05) is 49.4 Å². The highest BCUT2D eigenvalue weighted by Crippen LogP contribution is 2.36. The molecular weight excluding hydrogens is 427 g/mol. The Hall–Kier alpha value is -1.40. The van der Waals surface area contributed by atoms with Crippen molar-refractivity contribution in [3.63, 3.8) is 0 Å². The molecular formula is C20H19IN2S. The standard InChI is InChI=1S/C20H19IN2S/c1-2-13-24-19(16-9-6-10-17(21)14-16)18-11-12-22-20(23-18)15-7-4-3-5-8-15/h3-12,14,19H,2,13H2,1H3. The van der Waals surface area contributed by atoms with Crippen molar-refractivity contribution in [3.05, 3.63) is 81.7 Å². The third kappa shape index (κ3) is 4.36. The zero-order valence-corrected chi connectivity index (χ0v) is 16.5. The average Bonchev–Trinajstić information content (AvgIpc) is 2.63. The highest BCUT2D eigenvalue weighted by molar-refractivity contribution is 14.1. The van der Waals surface area contributed by atoms with Gasteiger partial charge in [0.15, 0.2) is 5.82 Å². The zero-order chi connectivity index (χ0) is 16.8. The number of aromatic nitrogens is 2. The van der Waals surface area contributed by atoms with Gasteiger partial charge in [-0.15, -0.1) is 11.8 Å². The molecule has 4 heteroatoms. The largest absolute Gasteiger partial charge is 0.237 e. The van der Waals surface area contributed by atoms with Crippen LogP contribution in [-0.4, -0.2) is 15.7 Å². The maximum atomic E-state index is 4.87. The summed E-state index contributed by atoms with van der Waals surface area (Å²) in [5.74, 6) is 1.90. The SMILES string of the molecule is CCCSC(c1cccc(I)c1)c1ccnc(-c2ccccc2)n1. The predicted octanol–water partition coefficient (Wildman–Crippen LogP) is 5.98. The summed E-state index contributed by atoms with van der Waals surface area (Å²) >= 11 is 4.32. The van der Waals surface area contributed by atoms with Gasteiger partial charge in [0.25, 0.3) is 0 Å². The van der Waals surface area contributed by atoms with Crippen LogP contribution in [0.2, 0.25) is 0 Å². The fraction of sp³-hybridized carbons (Fsp3) is 0.200. The molecule has 0 bridgehead atoms. The van der Waals surface area contributed by atoms with E-state index in [4.69, 9.17) is 4.98 Å². The lowest BCUT2D eigenvalue weighted by molar-refractivity contribution is 1.01. The van der Waals surface area contributed by atoms with Crippen LogP contribution in [0.1, 0.15) is 29.9 Å². The molecule has 122 valence electrons. The van der Waals surface area contributed by atoms with Crippen LogP contribution >= 0.6 is 34.4 Å². The molecule has 0 aliphatic carbocycles. The minimum absolute atomic E-state index is 0.241. The van der Waals surface area contributed by atoms with E-state index in [1.54, 1.807) is 0 Å². The van der Waals surface area contributed by atoms with E-state index in [0.717, 1.165) is 29.3 Å². The Bertz CT molecular complexity index is 792. The third-order valence-electron chi connectivity index (χ3n) is 3.62. The lowest BCUT2D eigenvalue weighted by Gasteiger charge is -2.17. The highest BCUT2D eigenvalue weighted by atomic mass is 127. The van der Waals surface area contributed by atoms with Crippen molar-refractivity contribution in [1.82, 2.24) is 9.97 Å². The Balaban J connectivity index is 1.99. The normalized spacial score (nSPS) is 12.1. The van der Waals surface area contributed by atoms with Crippen LogP contribution in [0.5, 0.6) is 0 Å². The first kappa shape index (κ1) is 17.4. The van der Waals surface area contributed by atoms with Crippen molar-refractivity contribution in [3.8, 4) is 11.4 Å². The van der Waals surface area contributed by atoms with Gasteiger partial charge in [-0.2, -0.15) is 0 Å². The number of thioether (sulfide) groups is 1. The van der Waals surface area contributed by atoms with Crippen molar-refractivity contribution in [2.75, 3.05) is 5.75 Å². The molecule has 2 aromatic carbocycles. The quantitative estimate of drug-likeness (QED) is 0.436. The smallest absolute Gasteiger partial charge is 0.159 e. The fourth-order valence-electron chi connectivity index (χ4n) is 2.50. The van der Waals surface area contributed by atoms with E-state index in [0.29, 0.717) is 0 Å². The maximum Gasteiger partial charge on any atom is 0.159 e. The fourth-order valence-corrected chi connectivity index (χ4v) is 4.18. The van der Waals surface area contributed by atoms with Gasteiger partial charge in [0, 0.05) is 15.3 Å². The number of rotatable bonds is 6. The second kappa shape index (κ2) is 8.62. The molecule has 24 heavy (non-hydrogen) atoms. The van der Waals surface area contributed by atoms with Crippen LogP contribution in [0.15, 0.2) is 66.9 Å². The lowest BCUT2D eigenvalue weighted by atomic mass is 10.1. The van der Waals surface area contributed by atoms with E-state index in [2.05, 4.69) is 70.9 Å². The Morgan fingerprint density at radius 1 is 1.04 bits per heavy atom. The average molecular weight is 446 g/mol. The minimum atomic E-state index is 0.241. The highest BCUT2D eigenvalue weighted by Gasteiger charge is 2.17. The van der Waals surface area contributed by atoms with Gasteiger partial charge in [-0.25, -0.2) is 9.97 Å². The van der Waals surface area contributed by atoms with Gasteiger partial charge in [-0.05, 0) is 58.5 Å². The van der Waals surface area contributed by atoms with Gasteiger partial charge in [0.05, 0.1) is 10.9 Å². The molecule has 0 amide bonds. The van der Waals surface area contributed by atoms with Gasteiger partial charge >= 0.3 is 0 Å². The molecule has 0 N–H and O–H groups in total. The van der Waals surface area contributed by atoms with Crippen LogP contribution in [0.4, 0.5) is 0 Å². The number of hydrogen-bond donors (Lipinski definition) is 0.